The van der Waals surface area contributed by atoms with Crippen molar-refractivity contribution in [2.45, 2.75) is 24.9 Å². The minimum absolute atomic E-state index is 0.0203. The third-order valence-electron chi connectivity index (χ3n) is 4.61. The first-order valence-electron chi connectivity index (χ1n) is 8.05. The van der Waals surface area contributed by atoms with Gasteiger partial charge in [-0.15, -0.1) is 0 Å². The molecule has 0 aliphatic carbocycles. The number of nitrogens with zero attached hydrogens (tertiary/aromatic N) is 3. The van der Waals surface area contributed by atoms with Gasteiger partial charge in [-0.3, -0.25) is 0 Å². The van der Waals surface area contributed by atoms with E-state index in [2.05, 4.69) is 4.98 Å². The predicted molar refractivity (Wildman–Crippen MR) is 85.2 cm³/mol. The van der Waals surface area contributed by atoms with E-state index in [4.69, 9.17) is 5.11 Å². The number of amides is 1. The number of aromatic nitrogens is 2. The minimum Gasteiger partial charge on any atom is -0.465 e. The van der Waals surface area contributed by atoms with Gasteiger partial charge in [0.15, 0.2) is 0 Å². The van der Waals surface area contributed by atoms with Gasteiger partial charge in [0.05, 0.1) is 11.3 Å². The van der Waals surface area contributed by atoms with Crippen LogP contribution in [0.3, 0.4) is 0 Å². The van der Waals surface area contributed by atoms with E-state index >= 15 is 0 Å². The van der Waals surface area contributed by atoms with Crippen molar-refractivity contribution in [3.8, 4) is 11.3 Å². The first kappa shape index (κ1) is 18.2. The number of likely N-dealkylation sites (tertiary alicyclic amines) is 1. The molecule has 0 unspecified atom stereocenters. The second-order valence-electron chi connectivity index (χ2n) is 6.33. The summed E-state index contributed by atoms with van der Waals surface area (Å²) < 4.78 is 53.9. The highest BCUT2D eigenvalue weighted by Gasteiger charge is 2.34. The lowest BCUT2D eigenvalue weighted by Gasteiger charge is -2.29. The van der Waals surface area contributed by atoms with Crippen molar-refractivity contribution < 1.29 is 27.5 Å². The molecule has 140 valence electrons. The Bertz CT molecular complexity index is 824. The van der Waals surface area contributed by atoms with Gasteiger partial charge < -0.3 is 14.6 Å². The molecule has 1 aliphatic heterocycles. The van der Waals surface area contributed by atoms with Gasteiger partial charge in [0.25, 0.3) is 0 Å². The van der Waals surface area contributed by atoms with Crippen LogP contribution in [-0.2, 0) is 13.2 Å². The molecule has 1 amide bonds. The summed E-state index contributed by atoms with van der Waals surface area (Å²) in [5.74, 6) is -0.617. The number of carboxylic acid groups (broad SMARTS) is 1. The summed E-state index contributed by atoms with van der Waals surface area (Å²) in [4.78, 5) is 16.7. The highest BCUT2D eigenvalue weighted by molar-refractivity contribution is 5.65. The van der Waals surface area contributed by atoms with Crippen molar-refractivity contribution in [3.63, 3.8) is 0 Å². The van der Waals surface area contributed by atoms with Gasteiger partial charge in [0.2, 0.25) is 0 Å². The molecule has 0 saturated carbocycles. The van der Waals surface area contributed by atoms with E-state index in [0.29, 0.717) is 37.4 Å². The number of hydrogen-bond donors (Lipinski definition) is 1. The van der Waals surface area contributed by atoms with Crippen LogP contribution >= 0.6 is 0 Å². The molecule has 1 aromatic heterocycles. The van der Waals surface area contributed by atoms with E-state index in [9.17, 15) is 22.4 Å². The van der Waals surface area contributed by atoms with E-state index in [0.717, 1.165) is 12.1 Å². The molecule has 5 nitrogen and oxygen atoms in total. The average Bonchev–Trinajstić information content (AvgIpc) is 2.96. The summed E-state index contributed by atoms with van der Waals surface area (Å²) in [6.07, 6.45) is -2.95. The zero-order valence-corrected chi connectivity index (χ0v) is 13.9. The standard InChI is InChI=1S/C17H17F4N3O2/c1-23-9-14(11-2-3-13(18)12(8-11)17(19,20)21)22-15(23)10-4-6-24(7-5-10)16(25)26/h2-3,8-10H,4-7H2,1H3,(H,25,26). The van der Waals surface area contributed by atoms with Gasteiger partial charge in [-0.05, 0) is 31.0 Å². The Kier molecular flexibility index (Phi) is 4.64. The van der Waals surface area contributed by atoms with Gasteiger partial charge in [-0.2, -0.15) is 13.2 Å². The lowest BCUT2D eigenvalue weighted by molar-refractivity contribution is -0.139. The van der Waals surface area contributed by atoms with E-state index in [1.165, 1.54) is 11.0 Å². The lowest BCUT2D eigenvalue weighted by atomic mass is 9.96. The molecule has 0 spiro atoms. The van der Waals surface area contributed by atoms with Crippen LogP contribution in [0.5, 0.6) is 0 Å². The molecular formula is C17H17F4N3O2. The van der Waals surface area contributed by atoms with Gasteiger partial charge >= 0.3 is 12.3 Å². The second kappa shape index (κ2) is 6.62. The molecule has 1 aromatic carbocycles. The van der Waals surface area contributed by atoms with Crippen LogP contribution in [0.2, 0.25) is 0 Å². The summed E-state index contributed by atoms with van der Waals surface area (Å²) in [6, 6.07) is 2.82. The summed E-state index contributed by atoms with van der Waals surface area (Å²) in [5.41, 5.74) is -0.811. The number of benzene rings is 1. The molecule has 1 fully saturated rings. The molecule has 2 aromatic rings. The number of alkyl halides is 3. The van der Waals surface area contributed by atoms with Gasteiger partial charge in [0.1, 0.15) is 11.6 Å². The molecule has 9 heteroatoms. The minimum atomic E-state index is -4.78. The smallest absolute Gasteiger partial charge is 0.419 e. The zero-order chi connectivity index (χ0) is 19.1. The maximum atomic E-state index is 13.5. The number of halogens is 4. The maximum absolute atomic E-state index is 13.5. The third-order valence-corrected chi connectivity index (χ3v) is 4.61. The molecular weight excluding hydrogens is 354 g/mol. The second-order valence-corrected chi connectivity index (χ2v) is 6.33. The third kappa shape index (κ3) is 3.51. The fourth-order valence-corrected chi connectivity index (χ4v) is 3.23. The van der Waals surface area contributed by atoms with E-state index in [1.54, 1.807) is 17.8 Å². The molecule has 0 radical (unpaired) electrons. The van der Waals surface area contributed by atoms with Crippen LogP contribution in [0, 0.1) is 5.82 Å². The Morgan fingerprint density at radius 1 is 1.27 bits per heavy atom. The van der Waals surface area contributed by atoms with Crippen LogP contribution in [0.4, 0.5) is 22.4 Å². The number of aryl methyl sites for hydroxylation is 1. The Morgan fingerprint density at radius 2 is 1.92 bits per heavy atom. The number of rotatable bonds is 2. The molecule has 2 heterocycles. The van der Waals surface area contributed by atoms with Crippen molar-refractivity contribution in [3.05, 3.63) is 41.6 Å². The molecule has 0 atom stereocenters. The van der Waals surface area contributed by atoms with E-state index in [1.807, 2.05) is 0 Å². The highest BCUT2D eigenvalue weighted by Crippen LogP contribution is 2.35. The fraction of sp³-hybridized carbons (Fsp3) is 0.412. The zero-order valence-electron chi connectivity index (χ0n) is 13.9. The largest absolute Gasteiger partial charge is 0.465 e. The number of carbonyl (C=O) groups is 1. The monoisotopic (exact) mass is 371 g/mol. The summed E-state index contributed by atoms with van der Waals surface area (Å²) in [7, 11) is 1.74. The summed E-state index contributed by atoms with van der Waals surface area (Å²) >= 11 is 0. The van der Waals surface area contributed by atoms with E-state index < -0.39 is 23.7 Å². The SMILES string of the molecule is Cn1cc(-c2ccc(F)c(C(F)(F)F)c2)nc1C1CCN(C(=O)O)CC1. The molecule has 3 rings (SSSR count). The average molecular weight is 371 g/mol. The van der Waals surface area contributed by atoms with Crippen LogP contribution in [0.1, 0.15) is 30.1 Å². The van der Waals surface area contributed by atoms with Crippen molar-refractivity contribution in [2.75, 3.05) is 13.1 Å². The van der Waals surface area contributed by atoms with Crippen molar-refractivity contribution in [1.29, 1.82) is 0 Å². The number of imidazole rings is 1. The van der Waals surface area contributed by atoms with Crippen molar-refractivity contribution >= 4 is 6.09 Å². The Morgan fingerprint density at radius 3 is 2.50 bits per heavy atom. The van der Waals surface area contributed by atoms with Crippen LogP contribution in [-0.4, -0.2) is 38.7 Å². The number of piperidine rings is 1. The van der Waals surface area contributed by atoms with E-state index in [-0.39, 0.29) is 11.5 Å². The summed E-state index contributed by atoms with van der Waals surface area (Å²) in [6.45, 7) is 0.772. The van der Waals surface area contributed by atoms with Crippen LogP contribution < -0.4 is 0 Å². The maximum Gasteiger partial charge on any atom is 0.419 e. The molecule has 1 N–H and O–H groups in total. The Hall–Kier alpha value is -2.58. The van der Waals surface area contributed by atoms with Crippen molar-refractivity contribution in [2.24, 2.45) is 7.05 Å². The highest BCUT2D eigenvalue weighted by atomic mass is 19.4. The topological polar surface area (TPSA) is 58.4 Å². The van der Waals surface area contributed by atoms with Gasteiger partial charge in [-0.1, -0.05) is 0 Å². The van der Waals surface area contributed by atoms with Gasteiger partial charge in [0, 0.05) is 37.8 Å². The molecule has 26 heavy (non-hydrogen) atoms. The summed E-state index contributed by atoms with van der Waals surface area (Å²) in [5, 5.41) is 9.00. The fourth-order valence-electron chi connectivity index (χ4n) is 3.23. The molecule has 1 saturated heterocycles. The quantitative estimate of drug-likeness (QED) is 0.809. The van der Waals surface area contributed by atoms with Crippen molar-refractivity contribution in [1.82, 2.24) is 14.5 Å². The Labute approximate surface area is 146 Å². The number of hydrogen-bond acceptors (Lipinski definition) is 2. The van der Waals surface area contributed by atoms with Gasteiger partial charge in [-0.25, -0.2) is 14.2 Å². The first-order chi connectivity index (χ1) is 12.2. The lowest BCUT2D eigenvalue weighted by Crippen LogP contribution is -2.37. The first-order valence-corrected chi connectivity index (χ1v) is 8.05. The van der Waals surface area contributed by atoms with Crippen LogP contribution in [0.25, 0.3) is 11.3 Å². The normalized spacial score (nSPS) is 16.1. The predicted octanol–water partition coefficient (Wildman–Crippen LogP) is 4.10. The molecule has 1 aliphatic rings. The Balaban J connectivity index is 1.86. The molecule has 0 bridgehead atoms. The van der Waals surface area contributed by atoms with Crippen LogP contribution in [0.15, 0.2) is 24.4 Å².